The van der Waals surface area contributed by atoms with Gasteiger partial charge in [0.1, 0.15) is 6.04 Å². The van der Waals surface area contributed by atoms with Crippen molar-refractivity contribution in [1.82, 2.24) is 0 Å². The van der Waals surface area contributed by atoms with Gasteiger partial charge in [0.05, 0.1) is 4.92 Å². The second-order valence-electron chi connectivity index (χ2n) is 6.73. The van der Waals surface area contributed by atoms with Gasteiger partial charge < -0.3 is 4.90 Å². The molecule has 2 aliphatic heterocycles. The Hall–Kier alpha value is -2.31. The van der Waals surface area contributed by atoms with Gasteiger partial charge >= 0.3 is 0 Å². The molecule has 0 spiro atoms. The number of hydrogen-bond donors (Lipinski definition) is 0. The summed E-state index contributed by atoms with van der Waals surface area (Å²) in [5.74, 6) is -0.430. The molecule has 0 saturated carbocycles. The van der Waals surface area contributed by atoms with E-state index in [4.69, 9.17) is 23.2 Å². The minimum absolute atomic E-state index is 0.0514. The molecule has 1 unspecified atom stereocenters. The van der Waals surface area contributed by atoms with Gasteiger partial charge in [0.2, 0.25) is 4.33 Å². The Labute approximate surface area is 166 Å². The molecule has 8 heteroatoms. The highest BCUT2D eigenvalue weighted by molar-refractivity contribution is 6.62. The van der Waals surface area contributed by atoms with Gasteiger partial charge in [-0.05, 0) is 31.0 Å². The second-order valence-corrected chi connectivity index (χ2v) is 8.12. The number of hydrogen-bond acceptors (Lipinski definition) is 4. The summed E-state index contributed by atoms with van der Waals surface area (Å²) in [6, 6.07) is 13.1. The number of alkyl halides is 2. The normalized spacial score (nSPS) is 21.3. The number of nitro groups is 1. The van der Waals surface area contributed by atoms with Crippen molar-refractivity contribution in [2.75, 3.05) is 22.9 Å². The van der Waals surface area contributed by atoms with Crippen LogP contribution in [0.5, 0.6) is 0 Å². The van der Waals surface area contributed by atoms with E-state index in [2.05, 4.69) is 4.90 Å². The van der Waals surface area contributed by atoms with Crippen molar-refractivity contribution in [3.05, 3.63) is 64.2 Å². The van der Waals surface area contributed by atoms with Gasteiger partial charge in [-0.3, -0.25) is 19.8 Å². The van der Waals surface area contributed by atoms with Crippen molar-refractivity contribution in [3.63, 3.8) is 0 Å². The van der Waals surface area contributed by atoms with E-state index in [0.717, 1.165) is 31.6 Å². The maximum absolute atomic E-state index is 12.6. The van der Waals surface area contributed by atoms with Crippen LogP contribution in [0.3, 0.4) is 0 Å². The molecule has 2 fully saturated rings. The van der Waals surface area contributed by atoms with Crippen LogP contribution >= 0.6 is 23.2 Å². The zero-order chi connectivity index (χ0) is 19.2. The zero-order valence-electron chi connectivity index (χ0n) is 14.3. The number of anilines is 2. The van der Waals surface area contributed by atoms with Gasteiger partial charge in [0.25, 0.3) is 11.6 Å². The van der Waals surface area contributed by atoms with Crippen LogP contribution in [0.1, 0.15) is 24.4 Å². The fourth-order valence-electron chi connectivity index (χ4n) is 3.80. The average Bonchev–Trinajstić information content (AvgIpc) is 3.20. The van der Waals surface area contributed by atoms with Crippen LogP contribution in [0, 0.1) is 10.1 Å². The summed E-state index contributed by atoms with van der Waals surface area (Å²) in [5, 5.41) is 11.3. The van der Waals surface area contributed by atoms with Crippen molar-refractivity contribution in [3.8, 4) is 0 Å². The number of para-hydroxylation sites is 1. The minimum Gasteiger partial charge on any atom is -0.371 e. The molecular formula is C19H17Cl2N3O3. The Bertz CT molecular complexity index is 898. The quantitative estimate of drug-likeness (QED) is 0.326. The Morgan fingerprint density at radius 3 is 2.37 bits per heavy atom. The summed E-state index contributed by atoms with van der Waals surface area (Å²) in [4.78, 5) is 27.2. The molecule has 2 aromatic carbocycles. The first kappa shape index (κ1) is 18.1. The summed E-state index contributed by atoms with van der Waals surface area (Å²) >= 11 is 12.8. The van der Waals surface area contributed by atoms with Crippen molar-refractivity contribution >= 4 is 46.2 Å². The maximum atomic E-state index is 12.6. The fraction of sp³-hybridized carbons (Fsp3) is 0.316. The predicted molar refractivity (Wildman–Crippen MR) is 106 cm³/mol. The summed E-state index contributed by atoms with van der Waals surface area (Å²) in [6.45, 7) is 1.71. The first-order valence-electron chi connectivity index (χ1n) is 8.71. The third-order valence-corrected chi connectivity index (χ3v) is 5.84. The first-order valence-corrected chi connectivity index (χ1v) is 9.46. The molecule has 0 aromatic heterocycles. The number of β-lactam (4-membered cyclic amide) rings is 1. The number of amides is 1. The van der Waals surface area contributed by atoms with Crippen LogP contribution in [0.4, 0.5) is 17.1 Å². The summed E-state index contributed by atoms with van der Waals surface area (Å²) in [6.07, 6.45) is 2.10. The Morgan fingerprint density at radius 2 is 1.74 bits per heavy atom. The lowest BCUT2D eigenvalue weighted by Crippen LogP contribution is -2.63. The van der Waals surface area contributed by atoms with E-state index in [1.54, 1.807) is 18.2 Å². The fourth-order valence-corrected chi connectivity index (χ4v) is 4.41. The Balaban J connectivity index is 1.85. The SMILES string of the molecule is O=C1N(c2ccccc2)C(c2cc([N+](=O)[O-])ccc2N2CCCC2)C1(Cl)Cl. The van der Waals surface area contributed by atoms with E-state index >= 15 is 0 Å². The number of carbonyl (C=O) groups excluding carboxylic acids is 1. The Morgan fingerprint density at radius 1 is 1.07 bits per heavy atom. The highest BCUT2D eigenvalue weighted by Gasteiger charge is 2.61. The molecule has 0 bridgehead atoms. The standard InChI is InChI=1S/C19H17Cl2N3O3/c20-19(21)17(23(18(19)25)13-6-2-1-3-7-13)15-12-14(24(26)27)8-9-16(15)22-10-4-5-11-22/h1-3,6-9,12,17H,4-5,10-11H2. The molecule has 1 atom stereocenters. The van der Waals surface area contributed by atoms with E-state index in [1.165, 1.54) is 17.0 Å². The summed E-state index contributed by atoms with van der Waals surface area (Å²) in [7, 11) is 0. The van der Waals surface area contributed by atoms with Gasteiger partial charge in [-0.1, -0.05) is 41.4 Å². The third-order valence-electron chi connectivity index (χ3n) is 5.10. The van der Waals surface area contributed by atoms with Crippen LogP contribution in [-0.4, -0.2) is 28.3 Å². The van der Waals surface area contributed by atoms with E-state index in [1.807, 2.05) is 18.2 Å². The van der Waals surface area contributed by atoms with Crippen molar-refractivity contribution in [2.45, 2.75) is 23.2 Å². The van der Waals surface area contributed by atoms with Gasteiger partial charge in [0.15, 0.2) is 0 Å². The highest BCUT2D eigenvalue weighted by atomic mass is 35.5. The molecule has 0 N–H and O–H groups in total. The summed E-state index contributed by atoms with van der Waals surface area (Å²) < 4.78 is -1.67. The predicted octanol–water partition coefficient (Wildman–Crippen LogP) is 4.46. The molecule has 2 saturated heterocycles. The van der Waals surface area contributed by atoms with Crippen molar-refractivity contribution in [1.29, 1.82) is 0 Å². The number of nitro benzene ring substituents is 1. The third kappa shape index (κ3) is 2.93. The molecule has 2 aromatic rings. The molecule has 2 aliphatic rings. The molecule has 27 heavy (non-hydrogen) atoms. The second kappa shape index (κ2) is 6.69. The van der Waals surface area contributed by atoms with Gasteiger partial charge in [-0.2, -0.15) is 0 Å². The number of benzene rings is 2. The zero-order valence-corrected chi connectivity index (χ0v) is 15.9. The lowest BCUT2D eigenvalue weighted by atomic mass is 9.89. The van der Waals surface area contributed by atoms with Crippen LogP contribution < -0.4 is 9.80 Å². The number of halogens is 2. The lowest BCUT2D eigenvalue weighted by molar-refractivity contribution is -0.384. The van der Waals surface area contributed by atoms with Gasteiger partial charge in [-0.25, -0.2) is 0 Å². The average molecular weight is 406 g/mol. The minimum atomic E-state index is -1.67. The maximum Gasteiger partial charge on any atom is 0.269 e. The molecule has 4 rings (SSSR count). The van der Waals surface area contributed by atoms with Crippen molar-refractivity contribution < 1.29 is 9.72 Å². The smallest absolute Gasteiger partial charge is 0.269 e. The first-order chi connectivity index (χ1) is 12.9. The number of rotatable bonds is 4. The van der Waals surface area contributed by atoms with E-state index in [-0.39, 0.29) is 5.69 Å². The van der Waals surface area contributed by atoms with E-state index < -0.39 is 21.2 Å². The molecule has 1 amide bonds. The molecule has 6 nitrogen and oxygen atoms in total. The Kier molecular flexibility index (Phi) is 4.48. The van der Waals surface area contributed by atoms with Gasteiger partial charge in [-0.15, -0.1) is 0 Å². The molecule has 0 aliphatic carbocycles. The molecular weight excluding hydrogens is 389 g/mol. The topological polar surface area (TPSA) is 66.7 Å². The lowest BCUT2D eigenvalue weighted by Gasteiger charge is -2.50. The number of non-ortho nitro benzene ring substituents is 1. The van der Waals surface area contributed by atoms with Crippen LogP contribution in [0.15, 0.2) is 48.5 Å². The number of carbonyl (C=O) groups is 1. The van der Waals surface area contributed by atoms with Crippen molar-refractivity contribution in [2.24, 2.45) is 0 Å². The van der Waals surface area contributed by atoms with Crippen LogP contribution in [0.2, 0.25) is 0 Å². The highest BCUT2D eigenvalue weighted by Crippen LogP contribution is 2.55. The number of nitrogens with zero attached hydrogens (tertiary/aromatic N) is 3. The van der Waals surface area contributed by atoms with E-state index in [0.29, 0.717) is 11.3 Å². The van der Waals surface area contributed by atoms with Crippen LogP contribution in [-0.2, 0) is 4.79 Å². The van der Waals surface area contributed by atoms with Gasteiger partial charge in [0, 0.05) is 42.2 Å². The molecule has 140 valence electrons. The summed E-state index contributed by atoms with van der Waals surface area (Å²) in [5.41, 5.74) is 2.04. The van der Waals surface area contributed by atoms with E-state index in [9.17, 15) is 14.9 Å². The molecule has 2 heterocycles. The monoisotopic (exact) mass is 405 g/mol. The largest absolute Gasteiger partial charge is 0.371 e. The molecule has 0 radical (unpaired) electrons. The van der Waals surface area contributed by atoms with Crippen LogP contribution in [0.25, 0.3) is 0 Å².